The minimum Gasteiger partial charge on any atom is -0.469 e. The first-order valence-electron chi connectivity index (χ1n) is 4.83. The second kappa shape index (κ2) is 6.35. The lowest BCUT2D eigenvalue weighted by Crippen LogP contribution is -2.20. The van der Waals surface area contributed by atoms with Gasteiger partial charge in [-0.2, -0.15) is 0 Å². The monoisotopic (exact) mass is 393 g/mol. The van der Waals surface area contributed by atoms with Gasteiger partial charge < -0.3 is 9.47 Å². The van der Waals surface area contributed by atoms with Crippen molar-refractivity contribution in [1.29, 1.82) is 0 Å². The minimum absolute atomic E-state index is 0.0477. The number of nitrogens with zero attached hydrogens (tertiary/aromatic N) is 1. The molecular formula is C10H8F4INO3. The van der Waals surface area contributed by atoms with E-state index < -0.39 is 31.2 Å². The third kappa shape index (κ3) is 4.80. The second-order valence-electron chi connectivity index (χ2n) is 3.32. The molecule has 0 aromatic carbocycles. The van der Waals surface area contributed by atoms with Gasteiger partial charge in [-0.25, -0.2) is 9.37 Å². The van der Waals surface area contributed by atoms with E-state index in [-0.39, 0.29) is 15.0 Å². The van der Waals surface area contributed by atoms with E-state index >= 15 is 0 Å². The van der Waals surface area contributed by atoms with Crippen LogP contribution in [0, 0.1) is 3.70 Å². The number of aromatic nitrogens is 1. The van der Waals surface area contributed by atoms with Gasteiger partial charge >= 0.3 is 12.3 Å². The second-order valence-corrected chi connectivity index (χ2v) is 4.34. The summed E-state index contributed by atoms with van der Waals surface area (Å²) >= 11 is 1.66. The Morgan fingerprint density at radius 2 is 2.11 bits per heavy atom. The molecular weight excluding hydrogens is 385 g/mol. The van der Waals surface area contributed by atoms with Crippen LogP contribution in [0.4, 0.5) is 17.6 Å². The molecule has 0 fully saturated rings. The van der Waals surface area contributed by atoms with Crippen LogP contribution in [-0.4, -0.2) is 24.4 Å². The van der Waals surface area contributed by atoms with Gasteiger partial charge in [-0.1, -0.05) is 0 Å². The summed E-state index contributed by atoms with van der Waals surface area (Å²) in [6.07, 6.45) is -5.45. The van der Waals surface area contributed by atoms with Crippen LogP contribution in [0.2, 0.25) is 0 Å². The van der Waals surface area contributed by atoms with Crippen molar-refractivity contribution in [2.75, 3.05) is 7.11 Å². The third-order valence-electron chi connectivity index (χ3n) is 2.00. The number of alkyl halides is 4. The molecule has 0 amide bonds. The number of halogens is 5. The highest BCUT2D eigenvalue weighted by Crippen LogP contribution is 2.29. The topological polar surface area (TPSA) is 48.4 Å². The molecule has 0 aliphatic heterocycles. The lowest BCUT2D eigenvalue weighted by molar-refractivity contribution is -0.275. The van der Waals surface area contributed by atoms with Gasteiger partial charge in [0.2, 0.25) is 0 Å². The Kier molecular flexibility index (Phi) is 5.32. The van der Waals surface area contributed by atoms with Gasteiger partial charge in [0.15, 0.2) is 5.75 Å². The fourth-order valence-electron chi connectivity index (χ4n) is 1.19. The maximum absolute atomic E-state index is 12.6. The highest BCUT2D eigenvalue weighted by molar-refractivity contribution is 14.1. The number of hydrogen-bond donors (Lipinski definition) is 0. The van der Waals surface area contributed by atoms with Crippen LogP contribution < -0.4 is 4.74 Å². The van der Waals surface area contributed by atoms with Crippen molar-refractivity contribution in [2.45, 2.75) is 19.5 Å². The SMILES string of the molecule is COC(=O)Cc1nc(I)c(CF)cc1OC(F)(F)F. The van der Waals surface area contributed by atoms with E-state index in [4.69, 9.17) is 0 Å². The number of carbonyl (C=O) groups excluding carboxylic acids is 1. The average Bonchev–Trinajstić information content (AvgIpc) is 2.30. The molecule has 0 spiro atoms. The summed E-state index contributed by atoms with van der Waals surface area (Å²) in [5.74, 6) is -1.48. The first-order valence-corrected chi connectivity index (χ1v) is 5.91. The Hall–Kier alpha value is -1.13. The molecule has 0 saturated heterocycles. The molecule has 0 saturated carbocycles. The lowest BCUT2D eigenvalue weighted by Gasteiger charge is -2.14. The van der Waals surface area contributed by atoms with Gasteiger partial charge in [0.1, 0.15) is 10.4 Å². The quantitative estimate of drug-likeness (QED) is 0.342. The van der Waals surface area contributed by atoms with E-state index in [0.717, 1.165) is 13.2 Å². The summed E-state index contributed by atoms with van der Waals surface area (Å²) in [7, 11) is 1.09. The summed E-state index contributed by atoms with van der Waals surface area (Å²) in [6, 6.07) is 0.876. The molecule has 1 rings (SSSR count). The van der Waals surface area contributed by atoms with E-state index in [0.29, 0.717) is 0 Å². The Labute approximate surface area is 119 Å². The largest absolute Gasteiger partial charge is 0.573 e. The molecule has 0 N–H and O–H groups in total. The zero-order valence-corrected chi connectivity index (χ0v) is 11.7. The van der Waals surface area contributed by atoms with Crippen molar-refractivity contribution in [3.05, 3.63) is 21.0 Å². The van der Waals surface area contributed by atoms with E-state index in [1.807, 2.05) is 0 Å². The first-order chi connectivity index (χ1) is 8.76. The summed E-state index contributed by atoms with van der Waals surface area (Å²) in [6.45, 7) is -0.988. The average molecular weight is 393 g/mol. The predicted molar refractivity (Wildman–Crippen MR) is 64.2 cm³/mol. The van der Waals surface area contributed by atoms with Crippen LogP contribution in [0.15, 0.2) is 6.07 Å². The van der Waals surface area contributed by atoms with E-state index in [2.05, 4.69) is 14.5 Å². The molecule has 19 heavy (non-hydrogen) atoms. The van der Waals surface area contributed by atoms with Gasteiger partial charge in [-0.3, -0.25) is 4.79 Å². The lowest BCUT2D eigenvalue weighted by atomic mass is 10.2. The van der Waals surface area contributed by atoms with Crippen molar-refractivity contribution in [3.63, 3.8) is 0 Å². The Bertz CT molecular complexity index is 479. The molecule has 1 aromatic rings. The zero-order valence-electron chi connectivity index (χ0n) is 9.55. The molecule has 0 radical (unpaired) electrons. The maximum atomic E-state index is 12.6. The van der Waals surface area contributed by atoms with Gasteiger partial charge in [0.05, 0.1) is 19.2 Å². The van der Waals surface area contributed by atoms with Crippen LogP contribution in [0.1, 0.15) is 11.3 Å². The van der Waals surface area contributed by atoms with Gasteiger partial charge in [-0.15, -0.1) is 13.2 Å². The summed E-state index contributed by atoms with van der Waals surface area (Å²) in [5.41, 5.74) is -0.306. The highest BCUT2D eigenvalue weighted by Gasteiger charge is 2.33. The van der Waals surface area contributed by atoms with Crippen molar-refractivity contribution in [1.82, 2.24) is 4.98 Å². The first kappa shape index (κ1) is 15.9. The van der Waals surface area contributed by atoms with Crippen LogP contribution >= 0.6 is 22.6 Å². The normalized spacial score (nSPS) is 11.3. The van der Waals surface area contributed by atoms with Gasteiger partial charge in [-0.05, 0) is 28.7 Å². The Morgan fingerprint density at radius 1 is 1.47 bits per heavy atom. The predicted octanol–water partition coefficient (Wildman–Crippen LogP) is 2.77. The molecule has 0 atom stereocenters. The molecule has 1 aromatic heterocycles. The molecule has 9 heteroatoms. The summed E-state index contributed by atoms with van der Waals surface area (Å²) in [4.78, 5) is 14.8. The number of rotatable bonds is 4. The number of methoxy groups -OCH3 is 1. The van der Waals surface area contributed by atoms with Crippen LogP contribution in [0.25, 0.3) is 0 Å². The van der Waals surface area contributed by atoms with E-state index in [9.17, 15) is 22.4 Å². The summed E-state index contributed by atoms with van der Waals surface area (Å²) in [5, 5.41) is 0. The van der Waals surface area contributed by atoms with Gasteiger partial charge in [0.25, 0.3) is 0 Å². The van der Waals surface area contributed by atoms with Crippen LogP contribution in [-0.2, 0) is 22.6 Å². The van der Waals surface area contributed by atoms with Crippen molar-refractivity contribution in [2.24, 2.45) is 0 Å². The minimum atomic E-state index is -4.95. The van der Waals surface area contributed by atoms with Crippen molar-refractivity contribution < 1.29 is 31.8 Å². The molecule has 4 nitrogen and oxygen atoms in total. The fraction of sp³-hybridized carbons (Fsp3) is 0.400. The standard InChI is InChI=1S/C10H8F4INO3/c1-18-8(17)3-6-7(19-10(12,13)14)2-5(4-11)9(15)16-6/h2H,3-4H2,1H3. The molecule has 0 unspecified atom stereocenters. The molecule has 1 heterocycles. The summed E-state index contributed by atoms with van der Waals surface area (Å²) < 4.78 is 57.5. The molecule has 0 bridgehead atoms. The molecule has 0 aliphatic carbocycles. The van der Waals surface area contributed by atoms with Crippen LogP contribution in [0.5, 0.6) is 5.75 Å². The fourth-order valence-corrected chi connectivity index (χ4v) is 1.78. The number of pyridine rings is 1. The number of ether oxygens (including phenoxy) is 2. The van der Waals surface area contributed by atoms with Crippen molar-refractivity contribution >= 4 is 28.6 Å². The van der Waals surface area contributed by atoms with Crippen LogP contribution in [0.3, 0.4) is 0 Å². The zero-order chi connectivity index (χ0) is 14.6. The highest BCUT2D eigenvalue weighted by atomic mass is 127. The van der Waals surface area contributed by atoms with E-state index in [1.165, 1.54) is 0 Å². The maximum Gasteiger partial charge on any atom is 0.573 e. The third-order valence-corrected chi connectivity index (χ3v) is 2.93. The van der Waals surface area contributed by atoms with E-state index in [1.54, 1.807) is 22.6 Å². The Balaban J connectivity index is 3.18. The van der Waals surface area contributed by atoms with Gasteiger partial charge in [0, 0.05) is 5.56 Å². The number of esters is 1. The number of carbonyl (C=O) groups is 1. The smallest absolute Gasteiger partial charge is 0.469 e. The number of hydrogen-bond acceptors (Lipinski definition) is 4. The molecule has 0 aliphatic rings. The van der Waals surface area contributed by atoms with Crippen molar-refractivity contribution in [3.8, 4) is 5.75 Å². The molecule has 106 valence electrons. The Morgan fingerprint density at radius 3 is 2.58 bits per heavy atom.